The number of aromatic nitrogens is 4. The third-order valence-electron chi connectivity index (χ3n) is 8.35. The van der Waals surface area contributed by atoms with E-state index in [9.17, 15) is 5.11 Å². The number of nitrogens with two attached hydrogens (primary N) is 1. The van der Waals surface area contributed by atoms with Gasteiger partial charge in [-0.25, -0.2) is 15.0 Å². The molecule has 5 heterocycles. The van der Waals surface area contributed by atoms with Gasteiger partial charge in [-0.3, -0.25) is 4.98 Å². The van der Waals surface area contributed by atoms with Gasteiger partial charge in [0.1, 0.15) is 16.7 Å². The number of anilines is 2. The third-order valence-corrected chi connectivity index (χ3v) is 9.82. The van der Waals surface area contributed by atoms with Crippen molar-refractivity contribution in [2.45, 2.75) is 54.7 Å². The van der Waals surface area contributed by atoms with Crippen LogP contribution >= 0.6 is 23.4 Å². The summed E-state index contributed by atoms with van der Waals surface area (Å²) in [6.45, 7) is 6.99. The zero-order chi connectivity index (χ0) is 25.8. The topological polar surface area (TPSA) is 104 Å². The van der Waals surface area contributed by atoms with Crippen molar-refractivity contribution >= 4 is 35.0 Å². The van der Waals surface area contributed by atoms with Gasteiger partial charge >= 0.3 is 0 Å². The maximum absolute atomic E-state index is 10.2. The minimum Gasteiger partial charge on any atom is -0.390 e. The standard InChI is InChI=1S/C27H32ClN7OS/c1-26(2,36)18-15-35(16-18)25-22(28)19(5-9-31-25)37-21-14-32-20(13-33-21)34-10-6-27(7-11-34)12-17-4-3-8-30-23(17)24(27)29/h3-5,8-9,13-14,18,24,36H,6-7,10-12,15-16,29H2,1-2H3/t24-/m1/s1. The Morgan fingerprint density at radius 2 is 1.84 bits per heavy atom. The van der Waals surface area contributed by atoms with Gasteiger partial charge in [-0.2, -0.15) is 0 Å². The number of pyridine rings is 2. The Hall–Kier alpha value is -2.46. The van der Waals surface area contributed by atoms with Gasteiger partial charge in [-0.1, -0.05) is 29.4 Å². The molecule has 1 atom stereocenters. The average molecular weight is 538 g/mol. The summed E-state index contributed by atoms with van der Waals surface area (Å²) in [5.74, 6) is 1.85. The number of aliphatic hydroxyl groups is 1. The summed E-state index contributed by atoms with van der Waals surface area (Å²) in [6, 6.07) is 6.08. The molecular weight excluding hydrogens is 506 g/mol. The Kier molecular flexibility index (Phi) is 6.30. The fourth-order valence-corrected chi connectivity index (χ4v) is 6.87. The van der Waals surface area contributed by atoms with E-state index in [4.69, 9.17) is 22.3 Å². The summed E-state index contributed by atoms with van der Waals surface area (Å²) >= 11 is 8.21. The smallest absolute Gasteiger partial charge is 0.148 e. The maximum atomic E-state index is 10.2. The van der Waals surface area contributed by atoms with Gasteiger partial charge in [0.25, 0.3) is 0 Å². The van der Waals surface area contributed by atoms with Crippen LogP contribution in [0.1, 0.15) is 44.0 Å². The lowest BCUT2D eigenvalue weighted by atomic mass is 9.73. The van der Waals surface area contributed by atoms with Crippen LogP contribution in [0.25, 0.3) is 0 Å². The van der Waals surface area contributed by atoms with Gasteiger partial charge in [-0.15, -0.1) is 0 Å². The Balaban J connectivity index is 1.09. The molecule has 3 N–H and O–H groups in total. The van der Waals surface area contributed by atoms with Gasteiger partial charge in [0.2, 0.25) is 0 Å². The zero-order valence-electron chi connectivity index (χ0n) is 21.1. The molecule has 0 saturated carbocycles. The summed E-state index contributed by atoms with van der Waals surface area (Å²) < 4.78 is 0. The molecule has 8 nitrogen and oxygen atoms in total. The number of hydrogen-bond donors (Lipinski definition) is 2. The molecule has 0 amide bonds. The first kappa shape index (κ1) is 24.9. The van der Waals surface area contributed by atoms with Crippen LogP contribution in [-0.4, -0.2) is 56.8 Å². The highest BCUT2D eigenvalue weighted by Crippen LogP contribution is 2.50. The SMILES string of the molecule is CC(C)(O)C1CN(c2nccc(Sc3cnc(N4CCC5(CC4)Cc4cccnc4[C@H]5N)cn3)c2Cl)C1. The first-order chi connectivity index (χ1) is 17.7. The highest BCUT2D eigenvalue weighted by molar-refractivity contribution is 7.99. The summed E-state index contributed by atoms with van der Waals surface area (Å²) in [6.07, 6.45) is 10.3. The van der Waals surface area contributed by atoms with Crippen LogP contribution in [0.2, 0.25) is 5.02 Å². The van der Waals surface area contributed by atoms with Crippen LogP contribution in [0, 0.1) is 11.3 Å². The fourth-order valence-electron chi connectivity index (χ4n) is 5.78. The van der Waals surface area contributed by atoms with Crippen LogP contribution in [0.4, 0.5) is 11.6 Å². The van der Waals surface area contributed by atoms with E-state index in [0.717, 1.165) is 72.7 Å². The Labute approximate surface area is 226 Å². The Morgan fingerprint density at radius 1 is 1.05 bits per heavy atom. The van der Waals surface area contributed by atoms with Crippen LogP contribution in [0.5, 0.6) is 0 Å². The molecule has 3 aromatic rings. The molecule has 0 unspecified atom stereocenters. The number of halogens is 1. The van der Waals surface area contributed by atoms with Crippen molar-refractivity contribution in [3.63, 3.8) is 0 Å². The molecule has 194 valence electrons. The van der Waals surface area contributed by atoms with E-state index in [1.54, 1.807) is 6.20 Å². The molecule has 10 heteroatoms. The number of fused-ring (bicyclic) bond motifs is 1. The molecule has 2 fully saturated rings. The van der Waals surface area contributed by atoms with Crippen molar-refractivity contribution < 1.29 is 5.11 Å². The van der Waals surface area contributed by atoms with Gasteiger partial charge in [0.15, 0.2) is 0 Å². The number of hydrogen-bond acceptors (Lipinski definition) is 9. The number of rotatable bonds is 5. The lowest BCUT2D eigenvalue weighted by Crippen LogP contribution is -2.56. The lowest BCUT2D eigenvalue weighted by Gasteiger charge is -2.46. The predicted molar refractivity (Wildman–Crippen MR) is 146 cm³/mol. The number of nitrogens with zero attached hydrogens (tertiary/aromatic N) is 6. The zero-order valence-corrected chi connectivity index (χ0v) is 22.7. The van der Waals surface area contributed by atoms with Crippen LogP contribution < -0.4 is 15.5 Å². The van der Waals surface area contributed by atoms with E-state index in [0.29, 0.717) is 5.02 Å². The van der Waals surface area contributed by atoms with Gasteiger partial charge < -0.3 is 20.6 Å². The predicted octanol–water partition coefficient (Wildman–Crippen LogP) is 4.12. The van der Waals surface area contributed by atoms with Gasteiger partial charge in [0, 0.05) is 49.4 Å². The highest BCUT2D eigenvalue weighted by atomic mass is 35.5. The van der Waals surface area contributed by atoms with E-state index in [1.807, 2.05) is 44.6 Å². The summed E-state index contributed by atoms with van der Waals surface area (Å²) in [7, 11) is 0. The molecule has 1 spiro atoms. The van der Waals surface area contributed by atoms with E-state index in [-0.39, 0.29) is 17.4 Å². The number of piperidine rings is 1. The van der Waals surface area contributed by atoms with Crippen molar-refractivity contribution in [2.75, 3.05) is 36.0 Å². The van der Waals surface area contributed by atoms with Crippen LogP contribution in [0.3, 0.4) is 0 Å². The largest absolute Gasteiger partial charge is 0.390 e. The van der Waals surface area contributed by atoms with Gasteiger partial charge in [-0.05, 0) is 56.2 Å². The molecule has 3 aliphatic rings. The second kappa shape index (κ2) is 9.38. The molecule has 2 saturated heterocycles. The first-order valence-electron chi connectivity index (χ1n) is 12.8. The molecule has 2 aliphatic heterocycles. The second-order valence-corrected chi connectivity index (χ2v) is 12.5. The van der Waals surface area contributed by atoms with Crippen LogP contribution in [0.15, 0.2) is 52.9 Å². The third kappa shape index (κ3) is 4.56. The second-order valence-electron chi connectivity index (χ2n) is 11.1. The van der Waals surface area contributed by atoms with Gasteiger partial charge in [0.05, 0.1) is 34.8 Å². The minimum absolute atomic E-state index is 0.00277. The van der Waals surface area contributed by atoms with Crippen molar-refractivity contribution in [1.82, 2.24) is 19.9 Å². The quantitative estimate of drug-likeness (QED) is 0.497. The van der Waals surface area contributed by atoms with Crippen molar-refractivity contribution in [1.29, 1.82) is 0 Å². The van der Waals surface area contributed by atoms with Crippen molar-refractivity contribution in [2.24, 2.45) is 17.1 Å². The first-order valence-corrected chi connectivity index (χ1v) is 14.0. The molecule has 3 aromatic heterocycles. The van der Waals surface area contributed by atoms with E-state index in [1.165, 1.54) is 17.3 Å². The van der Waals surface area contributed by atoms with E-state index in [2.05, 4.69) is 30.8 Å². The molecule has 6 rings (SSSR count). The maximum Gasteiger partial charge on any atom is 0.148 e. The summed E-state index contributed by atoms with van der Waals surface area (Å²) in [4.78, 5) is 23.8. The normalized spacial score (nSPS) is 21.3. The average Bonchev–Trinajstić information content (AvgIpc) is 3.12. The van der Waals surface area contributed by atoms with Crippen molar-refractivity contribution in [3.05, 3.63) is 59.3 Å². The molecular formula is C27H32ClN7OS. The molecule has 37 heavy (non-hydrogen) atoms. The Morgan fingerprint density at radius 3 is 2.51 bits per heavy atom. The fraction of sp³-hybridized carbons (Fsp3) is 0.481. The molecule has 0 aromatic carbocycles. The minimum atomic E-state index is -0.701. The summed E-state index contributed by atoms with van der Waals surface area (Å²) in [5.41, 5.74) is 8.43. The molecule has 0 bridgehead atoms. The lowest BCUT2D eigenvalue weighted by molar-refractivity contribution is 0.00438. The molecule has 0 radical (unpaired) electrons. The van der Waals surface area contributed by atoms with Crippen LogP contribution in [-0.2, 0) is 6.42 Å². The molecule has 1 aliphatic carbocycles. The van der Waals surface area contributed by atoms with E-state index < -0.39 is 5.60 Å². The van der Waals surface area contributed by atoms with E-state index >= 15 is 0 Å². The Bertz CT molecular complexity index is 1280. The highest BCUT2D eigenvalue weighted by Gasteiger charge is 2.47. The monoisotopic (exact) mass is 537 g/mol. The summed E-state index contributed by atoms with van der Waals surface area (Å²) in [5, 5.41) is 11.6. The van der Waals surface area contributed by atoms with Crippen molar-refractivity contribution in [3.8, 4) is 0 Å².